The van der Waals surface area contributed by atoms with E-state index in [9.17, 15) is 14.3 Å². The third kappa shape index (κ3) is 4.36. The van der Waals surface area contributed by atoms with Crippen molar-refractivity contribution < 1.29 is 23.8 Å². The van der Waals surface area contributed by atoms with Gasteiger partial charge in [-0.1, -0.05) is 19.1 Å². The molecule has 0 aliphatic heterocycles. The van der Waals surface area contributed by atoms with Crippen molar-refractivity contribution >= 4 is 5.97 Å². The number of ether oxygens (including phenoxy) is 2. The first-order valence-electron chi connectivity index (χ1n) is 10.1. The Labute approximate surface area is 169 Å². The second-order valence-electron chi connectivity index (χ2n) is 8.22. The number of rotatable bonds is 9. The van der Waals surface area contributed by atoms with Crippen LogP contribution >= 0.6 is 0 Å². The lowest BCUT2D eigenvalue weighted by Crippen LogP contribution is -2.20. The number of aliphatic carboxylic acids is 1. The van der Waals surface area contributed by atoms with E-state index in [-0.39, 0.29) is 23.6 Å². The number of benzene rings is 1. The smallest absolute Gasteiger partial charge is 0.306 e. The van der Waals surface area contributed by atoms with Gasteiger partial charge in [0.2, 0.25) is 5.88 Å². The van der Waals surface area contributed by atoms with E-state index in [1.165, 1.54) is 13.3 Å². The molecule has 0 spiro atoms. The van der Waals surface area contributed by atoms with Gasteiger partial charge in [0.1, 0.15) is 11.6 Å². The van der Waals surface area contributed by atoms with E-state index in [1.807, 2.05) is 24.3 Å². The Morgan fingerprint density at radius 2 is 2.14 bits per heavy atom. The number of aromatic nitrogens is 1. The number of carboxylic acid groups (broad SMARTS) is 1. The molecule has 2 aliphatic rings. The number of methoxy groups -OCH3 is 1. The van der Waals surface area contributed by atoms with Crippen molar-refractivity contribution in [3.63, 3.8) is 0 Å². The Bertz CT molecular complexity index is 898. The van der Waals surface area contributed by atoms with E-state index in [2.05, 4.69) is 4.98 Å². The van der Waals surface area contributed by atoms with E-state index < -0.39 is 11.9 Å². The number of halogens is 1. The molecule has 2 saturated carbocycles. The van der Waals surface area contributed by atoms with Crippen LogP contribution in [0.4, 0.5) is 4.39 Å². The summed E-state index contributed by atoms with van der Waals surface area (Å²) in [6, 6.07) is 9.44. The van der Waals surface area contributed by atoms with Crippen LogP contribution in [0.2, 0.25) is 0 Å². The Morgan fingerprint density at radius 3 is 2.83 bits per heavy atom. The van der Waals surface area contributed by atoms with Gasteiger partial charge in [-0.2, -0.15) is 0 Å². The second kappa shape index (κ2) is 8.01. The molecule has 1 N–H and O–H groups in total. The van der Waals surface area contributed by atoms with Crippen molar-refractivity contribution in [2.75, 3.05) is 13.7 Å². The topological polar surface area (TPSA) is 68.7 Å². The highest BCUT2D eigenvalue weighted by atomic mass is 19.1. The number of nitrogens with zero attached hydrogens (tertiary/aromatic N) is 1. The van der Waals surface area contributed by atoms with Crippen molar-refractivity contribution in [1.82, 2.24) is 4.98 Å². The van der Waals surface area contributed by atoms with Crippen LogP contribution < -0.4 is 9.47 Å². The molecule has 2 fully saturated rings. The van der Waals surface area contributed by atoms with Gasteiger partial charge < -0.3 is 14.6 Å². The maximum atomic E-state index is 14.1. The molecule has 1 aromatic carbocycles. The van der Waals surface area contributed by atoms with Gasteiger partial charge in [0, 0.05) is 12.0 Å². The zero-order valence-corrected chi connectivity index (χ0v) is 16.7. The van der Waals surface area contributed by atoms with Crippen molar-refractivity contribution in [2.24, 2.45) is 17.8 Å². The number of carboxylic acids is 1. The minimum absolute atomic E-state index is 0.0168. The first kappa shape index (κ1) is 19.7. The molecule has 2 aliphatic carbocycles. The van der Waals surface area contributed by atoms with Crippen LogP contribution in [0.3, 0.4) is 0 Å². The quantitative estimate of drug-likeness (QED) is 0.666. The molecule has 0 saturated heterocycles. The third-order valence-corrected chi connectivity index (χ3v) is 6.16. The molecule has 0 radical (unpaired) electrons. The number of hydrogen-bond acceptors (Lipinski definition) is 4. The largest absolute Gasteiger partial charge is 0.493 e. The van der Waals surface area contributed by atoms with Crippen molar-refractivity contribution in [3.8, 4) is 11.6 Å². The van der Waals surface area contributed by atoms with E-state index >= 15 is 0 Å². The highest BCUT2D eigenvalue weighted by molar-refractivity contribution is 5.71. The molecule has 4 atom stereocenters. The fraction of sp³-hybridized carbons (Fsp3) is 0.478. The molecule has 1 aromatic heterocycles. The Kier molecular flexibility index (Phi) is 5.43. The molecule has 2 aromatic rings. The maximum Gasteiger partial charge on any atom is 0.306 e. The average Bonchev–Trinajstić information content (AvgIpc) is 3.63. The van der Waals surface area contributed by atoms with Crippen molar-refractivity contribution in [1.29, 1.82) is 0 Å². The molecular formula is C23H26FNO4. The van der Waals surface area contributed by atoms with E-state index in [0.717, 1.165) is 30.6 Å². The molecule has 0 bridgehead atoms. The summed E-state index contributed by atoms with van der Waals surface area (Å²) in [5.41, 5.74) is 1.65. The van der Waals surface area contributed by atoms with E-state index in [4.69, 9.17) is 9.47 Å². The van der Waals surface area contributed by atoms with Gasteiger partial charge >= 0.3 is 5.97 Å². The monoisotopic (exact) mass is 399 g/mol. The minimum Gasteiger partial charge on any atom is -0.493 e. The van der Waals surface area contributed by atoms with Gasteiger partial charge in [0.05, 0.1) is 25.8 Å². The minimum atomic E-state index is -0.760. The highest BCUT2D eigenvalue weighted by Gasteiger charge is 2.41. The van der Waals surface area contributed by atoms with Crippen LogP contribution in [-0.4, -0.2) is 29.8 Å². The Balaban J connectivity index is 1.40. The molecule has 5 nitrogen and oxygen atoms in total. The van der Waals surface area contributed by atoms with Crippen LogP contribution in [0.25, 0.3) is 0 Å². The summed E-state index contributed by atoms with van der Waals surface area (Å²) in [6.45, 7) is 2.28. The van der Waals surface area contributed by atoms with E-state index in [0.29, 0.717) is 24.0 Å². The summed E-state index contributed by atoms with van der Waals surface area (Å²) < 4.78 is 25.2. The fourth-order valence-corrected chi connectivity index (χ4v) is 4.24. The summed E-state index contributed by atoms with van der Waals surface area (Å²) in [5, 5.41) is 9.47. The highest BCUT2D eigenvalue weighted by Crippen LogP contribution is 2.49. The molecular weight excluding hydrogens is 373 g/mol. The van der Waals surface area contributed by atoms with Gasteiger partial charge in [0.25, 0.3) is 0 Å². The zero-order chi connectivity index (χ0) is 20.5. The van der Waals surface area contributed by atoms with Gasteiger partial charge in [-0.05, 0) is 60.3 Å². The number of hydrogen-bond donors (Lipinski definition) is 1. The molecule has 0 amide bonds. The summed E-state index contributed by atoms with van der Waals surface area (Å²) >= 11 is 0. The van der Waals surface area contributed by atoms with Crippen LogP contribution in [0.5, 0.6) is 11.6 Å². The van der Waals surface area contributed by atoms with E-state index in [1.54, 1.807) is 13.0 Å². The predicted molar refractivity (Wildman–Crippen MR) is 106 cm³/mol. The van der Waals surface area contributed by atoms with Crippen LogP contribution in [-0.2, 0) is 4.79 Å². The molecule has 6 heteroatoms. The van der Waals surface area contributed by atoms with Crippen LogP contribution in [0, 0.1) is 23.6 Å². The third-order valence-electron chi connectivity index (χ3n) is 6.16. The molecule has 1 heterocycles. The molecule has 29 heavy (non-hydrogen) atoms. The molecule has 4 unspecified atom stereocenters. The van der Waals surface area contributed by atoms with Crippen molar-refractivity contribution in [3.05, 3.63) is 53.5 Å². The lowest BCUT2D eigenvalue weighted by Gasteiger charge is -2.21. The van der Waals surface area contributed by atoms with Crippen LogP contribution in [0.15, 0.2) is 36.5 Å². The molecule has 4 rings (SSSR count). The summed E-state index contributed by atoms with van der Waals surface area (Å²) in [5.74, 6) is 0.480. The Morgan fingerprint density at radius 1 is 1.34 bits per heavy atom. The maximum absolute atomic E-state index is 14.1. The fourth-order valence-electron chi connectivity index (χ4n) is 4.24. The van der Waals surface area contributed by atoms with Gasteiger partial charge in [-0.25, -0.2) is 9.37 Å². The number of pyridine rings is 1. The Hall–Kier alpha value is -2.63. The van der Waals surface area contributed by atoms with Gasteiger partial charge in [-0.3, -0.25) is 4.79 Å². The van der Waals surface area contributed by atoms with Crippen LogP contribution in [0.1, 0.15) is 49.1 Å². The predicted octanol–water partition coefficient (Wildman–Crippen LogP) is 4.63. The summed E-state index contributed by atoms with van der Waals surface area (Å²) in [4.78, 5) is 15.4. The second-order valence-corrected chi connectivity index (χ2v) is 8.22. The first-order valence-corrected chi connectivity index (χ1v) is 10.1. The standard InChI is InChI=1S/C23H26FNO4/c1-13(23(26)27)22(14-6-7-14)15-4-3-5-17(8-15)29-12-16-9-18(16)19-10-21(28-2)25-11-20(19)24/h3-5,8,10-11,13-14,16,18,22H,6-7,9,12H2,1-2H3,(H,26,27). The van der Waals surface area contributed by atoms with Crippen molar-refractivity contribution in [2.45, 2.75) is 38.0 Å². The average molecular weight is 399 g/mol. The normalized spacial score (nSPS) is 22.6. The lowest BCUT2D eigenvalue weighted by atomic mass is 9.83. The lowest BCUT2D eigenvalue weighted by molar-refractivity contribution is -0.142. The number of carbonyl (C=O) groups is 1. The van der Waals surface area contributed by atoms with Gasteiger partial charge in [0.15, 0.2) is 0 Å². The van der Waals surface area contributed by atoms with Gasteiger partial charge in [-0.15, -0.1) is 0 Å². The zero-order valence-electron chi connectivity index (χ0n) is 16.7. The molecule has 154 valence electrons. The SMILES string of the molecule is COc1cc(C2CC2COc2cccc(C(C3CC3)C(C)C(=O)O)c2)c(F)cn1. The first-order chi connectivity index (χ1) is 14.0. The summed E-state index contributed by atoms with van der Waals surface area (Å²) in [7, 11) is 1.52. The summed E-state index contributed by atoms with van der Waals surface area (Å²) in [6.07, 6.45) is 4.23.